The normalized spacial score (nSPS) is 9.76. The van der Waals surface area contributed by atoms with E-state index in [-0.39, 0.29) is 11.7 Å². The third-order valence-electron chi connectivity index (χ3n) is 2.35. The molecule has 0 fully saturated rings. The van der Waals surface area contributed by atoms with Crippen molar-refractivity contribution < 1.29 is 14.3 Å². The zero-order chi connectivity index (χ0) is 12.7. The number of Topliss-reactive ketones (excluding diaryl/α,β-unsaturated/α-hetero) is 1. The summed E-state index contributed by atoms with van der Waals surface area (Å²) in [4.78, 5) is 22.3. The maximum atomic E-state index is 11.3. The van der Waals surface area contributed by atoms with Crippen molar-refractivity contribution >= 4 is 11.7 Å². The largest absolute Gasteiger partial charge is 0.493 e. The zero-order valence-electron chi connectivity index (χ0n) is 10.2. The van der Waals surface area contributed by atoms with Crippen LogP contribution in [0.1, 0.15) is 30.1 Å². The third kappa shape index (κ3) is 4.26. The molecule has 4 heteroatoms. The first-order valence-electron chi connectivity index (χ1n) is 5.58. The number of ketones is 1. The molecule has 0 aliphatic rings. The van der Waals surface area contributed by atoms with Gasteiger partial charge in [0.15, 0.2) is 5.78 Å². The minimum Gasteiger partial charge on any atom is -0.493 e. The maximum absolute atomic E-state index is 11.3. The van der Waals surface area contributed by atoms with E-state index in [2.05, 4.69) is 5.32 Å². The number of carbonyl (C=O) groups excluding carboxylic acids is 2. The number of para-hydroxylation sites is 1. The van der Waals surface area contributed by atoms with Crippen molar-refractivity contribution in [1.29, 1.82) is 0 Å². The van der Waals surface area contributed by atoms with Crippen molar-refractivity contribution in [2.24, 2.45) is 0 Å². The Morgan fingerprint density at radius 3 is 2.65 bits per heavy atom. The highest BCUT2D eigenvalue weighted by Gasteiger charge is 2.07. The van der Waals surface area contributed by atoms with Gasteiger partial charge < -0.3 is 10.1 Å². The molecule has 0 spiro atoms. The van der Waals surface area contributed by atoms with Gasteiger partial charge in [-0.2, -0.15) is 0 Å². The van der Waals surface area contributed by atoms with E-state index in [0.717, 1.165) is 0 Å². The molecule has 0 aliphatic heterocycles. The molecule has 0 aromatic heterocycles. The monoisotopic (exact) mass is 235 g/mol. The molecule has 17 heavy (non-hydrogen) atoms. The lowest BCUT2D eigenvalue weighted by Gasteiger charge is -2.09. The number of amides is 1. The number of nitrogens with one attached hydrogen (secondary N) is 1. The van der Waals surface area contributed by atoms with Crippen LogP contribution in [0.4, 0.5) is 0 Å². The number of rotatable bonds is 6. The van der Waals surface area contributed by atoms with Gasteiger partial charge in [-0.1, -0.05) is 12.1 Å². The average molecular weight is 235 g/mol. The number of hydrogen-bond donors (Lipinski definition) is 1. The molecule has 4 nitrogen and oxygen atoms in total. The van der Waals surface area contributed by atoms with E-state index < -0.39 is 0 Å². The molecule has 0 radical (unpaired) electrons. The highest BCUT2D eigenvalue weighted by Crippen LogP contribution is 2.18. The van der Waals surface area contributed by atoms with E-state index in [9.17, 15) is 9.59 Å². The lowest BCUT2D eigenvalue weighted by Crippen LogP contribution is -2.18. The standard InChI is InChI=1S/C13H17NO3/c1-10(15)11-6-3-4-7-12(11)17-9-5-8-13(16)14-2/h3-4,6-7H,5,8-9H2,1-2H3,(H,14,16). The van der Waals surface area contributed by atoms with Crippen molar-refractivity contribution in [3.8, 4) is 5.75 Å². The van der Waals surface area contributed by atoms with Gasteiger partial charge in [-0.3, -0.25) is 9.59 Å². The van der Waals surface area contributed by atoms with Crippen LogP contribution in [0.5, 0.6) is 5.75 Å². The second-order valence-corrected chi connectivity index (χ2v) is 3.68. The van der Waals surface area contributed by atoms with Gasteiger partial charge in [0.05, 0.1) is 12.2 Å². The smallest absolute Gasteiger partial charge is 0.219 e. The Morgan fingerprint density at radius 1 is 1.29 bits per heavy atom. The molecule has 1 aromatic carbocycles. The summed E-state index contributed by atoms with van der Waals surface area (Å²) < 4.78 is 5.49. The Morgan fingerprint density at radius 2 is 2.00 bits per heavy atom. The highest BCUT2D eigenvalue weighted by atomic mass is 16.5. The summed E-state index contributed by atoms with van der Waals surface area (Å²) in [5.41, 5.74) is 0.576. The van der Waals surface area contributed by atoms with E-state index in [0.29, 0.717) is 30.8 Å². The molecule has 0 aliphatic carbocycles. The van der Waals surface area contributed by atoms with Gasteiger partial charge >= 0.3 is 0 Å². The molecule has 0 atom stereocenters. The molecule has 1 aromatic rings. The van der Waals surface area contributed by atoms with Crippen molar-refractivity contribution in [3.05, 3.63) is 29.8 Å². The predicted octanol–water partition coefficient (Wildman–Crippen LogP) is 1.79. The highest BCUT2D eigenvalue weighted by molar-refractivity contribution is 5.96. The van der Waals surface area contributed by atoms with Crippen molar-refractivity contribution in [2.75, 3.05) is 13.7 Å². The van der Waals surface area contributed by atoms with Gasteiger partial charge in [-0.25, -0.2) is 0 Å². The second-order valence-electron chi connectivity index (χ2n) is 3.68. The van der Waals surface area contributed by atoms with Crippen LogP contribution >= 0.6 is 0 Å². The van der Waals surface area contributed by atoms with E-state index in [4.69, 9.17) is 4.74 Å². The second kappa shape index (κ2) is 6.68. The van der Waals surface area contributed by atoms with Crippen LogP contribution in [-0.2, 0) is 4.79 Å². The molecule has 1 amide bonds. The Hall–Kier alpha value is -1.84. The first kappa shape index (κ1) is 13.2. The van der Waals surface area contributed by atoms with Crippen LogP contribution in [0.3, 0.4) is 0 Å². The first-order valence-corrected chi connectivity index (χ1v) is 5.58. The van der Waals surface area contributed by atoms with Crippen LogP contribution in [0.15, 0.2) is 24.3 Å². The number of hydrogen-bond acceptors (Lipinski definition) is 3. The van der Waals surface area contributed by atoms with Gasteiger partial charge in [0.2, 0.25) is 5.91 Å². The molecule has 0 saturated carbocycles. The molecular formula is C13H17NO3. The van der Waals surface area contributed by atoms with Gasteiger partial charge in [-0.15, -0.1) is 0 Å². The van der Waals surface area contributed by atoms with E-state index in [1.165, 1.54) is 6.92 Å². The van der Waals surface area contributed by atoms with E-state index >= 15 is 0 Å². The van der Waals surface area contributed by atoms with E-state index in [1.807, 2.05) is 6.07 Å². The molecule has 0 bridgehead atoms. The summed E-state index contributed by atoms with van der Waals surface area (Å²) in [5, 5.41) is 2.54. The predicted molar refractivity (Wildman–Crippen MR) is 65.2 cm³/mol. The van der Waals surface area contributed by atoms with E-state index in [1.54, 1.807) is 25.2 Å². The fraction of sp³-hybridized carbons (Fsp3) is 0.385. The van der Waals surface area contributed by atoms with Crippen LogP contribution in [-0.4, -0.2) is 25.3 Å². The van der Waals surface area contributed by atoms with Crippen molar-refractivity contribution in [2.45, 2.75) is 19.8 Å². The SMILES string of the molecule is CNC(=O)CCCOc1ccccc1C(C)=O. The molecular weight excluding hydrogens is 218 g/mol. The molecule has 1 rings (SSSR count). The number of benzene rings is 1. The number of carbonyl (C=O) groups is 2. The maximum Gasteiger partial charge on any atom is 0.219 e. The van der Waals surface area contributed by atoms with Crippen LogP contribution in [0.2, 0.25) is 0 Å². The fourth-order valence-electron chi connectivity index (χ4n) is 1.42. The summed E-state index contributed by atoms with van der Waals surface area (Å²) in [6.07, 6.45) is 1.06. The minimum atomic E-state index is -0.0214. The number of ether oxygens (including phenoxy) is 1. The summed E-state index contributed by atoms with van der Waals surface area (Å²) >= 11 is 0. The van der Waals surface area contributed by atoms with Crippen molar-refractivity contribution in [3.63, 3.8) is 0 Å². The fourth-order valence-corrected chi connectivity index (χ4v) is 1.42. The molecule has 0 heterocycles. The lowest BCUT2D eigenvalue weighted by molar-refractivity contribution is -0.120. The summed E-state index contributed by atoms with van der Waals surface area (Å²) in [6.45, 7) is 1.93. The van der Waals surface area contributed by atoms with Crippen LogP contribution < -0.4 is 10.1 Å². The molecule has 1 N–H and O–H groups in total. The average Bonchev–Trinajstić information content (AvgIpc) is 2.34. The molecule has 92 valence electrons. The van der Waals surface area contributed by atoms with Crippen LogP contribution in [0, 0.1) is 0 Å². The lowest BCUT2D eigenvalue weighted by atomic mass is 10.1. The van der Waals surface area contributed by atoms with Gasteiger partial charge in [0.1, 0.15) is 5.75 Å². The van der Waals surface area contributed by atoms with Crippen molar-refractivity contribution in [1.82, 2.24) is 5.32 Å². The summed E-state index contributed by atoms with van der Waals surface area (Å²) in [6, 6.07) is 7.11. The summed E-state index contributed by atoms with van der Waals surface area (Å²) in [7, 11) is 1.61. The van der Waals surface area contributed by atoms with Gasteiger partial charge in [0.25, 0.3) is 0 Å². The first-order chi connectivity index (χ1) is 8.15. The Labute approximate surface area is 101 Å². The third-order valence-corrected chi connectivity index (χ3v) is 2.35. The zero-order valence-corrected chi connectivity index (χ0v) is 10.2. The van der Waals surface area contributed by atoms with Gasteiger partial charge in [-0.05, 0) is 25.5 Å². The Kier molecular flexibility index (Phi) is 5.20. The van der Waals surface area contributed by atoms with Gasteiger partial charge in [0, 0.05) is 13.5 Å². The molecule has 0 unspecified atom stereocenters. The van der Waals surface area contributed by atoms with Crippen LogP contribution in [0.25, 0.3) is 0 Å². The Balaban J connectivity index is 2.46. The molecule has 0 saturated heterocycles. The minimum absolute atomic E-state index is 0.00606. The quantitative estimate of drug-likeness (QED) is 0.604. The Bertz CT molecular complexity index is 401. The summed E-state index contributed by atoms with van der Waals surface area (Å²) in [5.74, 6) is 0.553. The topological polar surface area (TPSA) is 55.4 Å².